The van der Waals surface area contributed by atoms with E-state index in [4.69, 9.17) is 0 Å². The van der Waals surface area contributed by atoms with Crippen LogP contribution >= 0.6 is 0 Å². The first-order valence-electron chi connectivity index (χ1n) is 9.23. The molecule has 0 spiro atoms. The van der Waals surface area contributed by atoms with E-state index in [0.717, 1.165) is 25.5 Å². The summed E-state index contributed by atoms with van der Waals surface area (Å²) in [5.41, 5.74) is 0.719. The Labute approximate surface area is 140 Å². The molecule has 5 atom stereocenters. The summed E-state index contributed by atoms with van der Waals surface area (Å²) in [6.07, 6.45) is 9.13. The van der Waals surface area contributed by atoms with Crippen LogP contribution in [0.1, 0.15) is 65.7 Å². The van der Waals surface area contributed by atoms with Crippen LogP contribution in [0.3, 0.4) is 0 Å². The van der Waals surface area contributed by atoms with Crippen molar-refractivity contribution in [3.05, 3.63) is 11.6 Å². The quantitative estimate of drug-likeness (QED) is 0.766. The monoisotopic (exact) mass is 320 g/mol. The summed E-state index contributed by atoms with van der Waals surface area (Å²) >= 11 is 0. The van der Waals surface area contributed by atoms with E-state index in [-0.39, 0.29) is 17.9 Å². The lowest BCUT2D eigenvalue weighted by Gasteiger charge is -2.63. The Hall–Kier alpha value is -0.670. The molecule has 3 aliphatic rings. The van der Waals surface area contributed by atoms with Crippen LogP contribution in [0.4, 0.5) is 0 Å². The van der Waals surface area contributed by atoms with Gasteiger partial charge in [0.1, 0.15) is 6.29 Å². The highest BCUT2D eigenvalue weighted by Gasteiger charge is 2.61. The van der Waals surface area contributed by atoms with E-state index in [2.05, 4.69) is 20.8 Å². The van der Waals surface area contributed by atoms with Gasteiger partial charge < -0.3 is 10.2 Å². The maximum Gasteiger partial charge on any atom is 0.145 e. The van der Waals surface area contributed by atoms with Gasteiger partial charge in [-0.3, -0.25) is 4.79 Å². The van der Waals surface area contributed by atoms with Gasteiger partial charge in [-0.2, -0.15) is 0 Å². The van der Waals surface area contributed by atoms with E-state index in [1.165, 1.54) is 19.3 Å². The molecule has 0 radical (unpaired) electrons. The third-order valence-electron chi connectivity index (χ3n) is 7.82. The second-order valence-electron chi connectivity index (χ2n) is 9.24. The van der Waals surface area contributed by atoms with E-state index in [1.54, 1.807) is 0 Å². The summed E-state index contributed by atoms with van der Waals surface area (Å²) in [5.74, 6) is 0.887. The van der Waals surface area contributed by atoms with Crippen LogP contribution in [0.25, 0.3) is 0 Å². The summed E-state index contributed by atoms with van der Waals surface area (Å²) in [7, 11) is 0. The van der Waals surface area contributed by atoms with Gasteiger partial charge in [-0.15, -0.1) is 0 Å². The number of aldehydes is 1. The average molecular weight is 320 g/mol. The first kappa shape index (κ1) is 17.2. The van der Waals surface area contributed by atoms with Gasteiger partial charge in [-0.25, -0.2) is 0 Å². The molecule has 3 nitrogen and oxygen atoms in total. The molecule has 0 bridgehead atoms. The second-order valence-corrected chi connectivity index (χ2v) is 9.24. The molecule has 2 N–H and O–H groups in total. The van der Waals surface area contributed by atoms with Gasteiger partial charge in [0.25, 0.3) is 0 Å². The van der Waals surface area contributed by atoms with E-state index in [1.807, 2.05) is 6.08 Å². The van der Waals surface area contributed by atoms with Gasteiger partial charge in [0, 0.05) is 11.8 Å². The molecule has 2 unspecified atom stereocenters. The van der Waals surface area contributed by atoms with Crippen molar-refractivity contribution in [3.8, 4) is 0 Å². The van der Waals surface area contributed by atoms with E-state index >= 15 is 0 Å². The molecule has 2 fully saturated rings. The zero-order valence-electron chi connectivity index (χ0n) is 14.8. The highest BCUT2D eigenvalue weighted by Crippen LogP contribution is 2.66. The molecule has 130 valence electrons. The summed E-state index contributed by atoms with van der Waals surface area (Å²) in [5, 5.41) is 21.2. The molecule has 0 saturated heterocycles. The van der Waals surface area contributed by atoms with Gasteiger partial charge in [0.05, 0.1) is 12.7 Å². The molecule has 0 heterocycles. The Kier molecular flexibility index (Phi) is 4.25. The Balaban J connectivity index is 2.06. The molecule has 0 aromatic carbocycles. The van der Waals surface area contributed by atoms with E-state index in [9.17, 15) is 15.0 Å². The SMILES string of the molecule is CC1(C)CCC[C@@]2(C)C1CC[C@]1(CO)C2CC=C(C=O)C[C@@H]1O. The number of allylic oxidation sites excluding steroid dienone is 1. The average Bonchev–Trinajstić information content (AvgIpc) is 2.64. The van der Waals surface area contributed by atoms with Crippen LogP contribution in [0.15, 0.2) is 11.6 Å². The van der Waals surface area contributed by atoms with Crippen molar-refractivity contribution in [2.24, 2.45) is 28.1 Å². The molecule has 0 aromatic heterocycles. The minimum atomic E-state index is -0.612. The summed E-state index contributed by atoms with van der Waals surface area (Å²) in [6, 6.07) is 0. The minimum Gasteiger partial charge on any atom is -0.396 e. The number of aliphatic hydroxyl groups is 2. The topological polar surface area (TPSA) is 57.5 Å². The molecule has 23 heavy (non-hydrogen) atoms. The van der Waals surface area contributed by atoms with Crippen molar-refractivity contribution in [1.29, 1.82) is 0 Å². The van der Waals surface area contributed by atoms with Gasteiger partial charge in [-0.05, 0) is 60.3 Å². The lowest BCUT2D eigenvalue weighted by Crippen LogP contribution is -2.59. The second kappa shape index (κ2) is 5.70. The number of rotatable bonds is 2. The normalized spacial score (nSPS) is 46.1. The summed E-state index contributed by atoms with van der Waals surface area (Å²) < 4.78 is 0. The Morgan fingerprint density at radius 3 is 2.61 bits per heavy atom. The highest BCUT2D eigenvalue weighted by molar-refractivity contribution is 5.73. The van der Waals surface area contributed by atoms with Crippen molar-refractivity contribution in [1.82, 2.24) is 0 Å². The van der Waals surface area contributed by atoms with Crippen LogP contribution in [0.5, 0.6) is 0 Å². The maximum absolute atomic E-state index is 11.3. The van der Waals surface area contributed by atoms with E-state index < -0.39 is 11.5 Å². The number of carbonyl (C=O) groups excluding carboxylic acids is 1. The molecule has 0 amide bonds. The standard InChI is InChI=1S/C20H32O3/c1-18(2)8-4-9-19(3)15(18)7-10-20(13-22)16(19)6-5-14(12-21)11-17(20)23/h5,12,15-17,22-23H,4,6-11,13H2,1-3H3/t15?,16?,17-,19-,20-/m0/s1. The fraction of sp³-hybridized carbons (Fsp3) is 0.850. The van der Waals surface area contributed by atoms with Gasteiger partial charge in [0.2, 0.25) is 0 Å². The Morgan fingerprint density at radius 1 is 1.22 bits per heavy atom. The number of aliphatic hydroxyl groups excluding tert-OH is 2. The zero-order chi connectivity index (χ0) is 16.9. The molecule has 2 saturated carbocycles. The van der Waals surface area contributed by atoms with Crippen molar-refractivity contribution < 1.29 is 15.0 Å². The molecule has 0 aliphatic heterocycles. The lowest BCUT2D eigenvalue weighted by atomic mass is 9.42. The van der Waals surface area contributed by atoms with Gasteiger partial charge in [0.15, 0.2) is 0 Å². The van der Waals surface area contributed by atoms with Gasteiger partial charge >= 0.3 is 0 Å². The predicted molar refractivity (Wildman–Crippen MR) is 90.9 cm³/mol. The third kappa shape index (κ3) is 2.42. The fourth-order valence-corrected chi connectivity index (χ4v) is 6.62. The van der Waals surface area contributed by atoms with Crippen LogP contribution in [0, 0.1) is 28.1 Å². The summed E-state index contributed by atoms with van der Waals surface area (Å²) in [6.45, 7) is 7.20. The molecule has 3 aliphatic carbocycles. The lowest BCUT2D eigenvalue weighted by molar-refractivity contribution is -0.181. The molecular weight excluding hydrogens is 288 g/mol. The maximum atomic E-state index is 11.3. The van der Waals surface area contributed by atoms with Crippen molar-refractivity contribution in [3.63, 3.8) is 0 Å². The molecule has 3 heteroatoms. The van der Waals surface area contributed by atoms with Crippen LogP contribution in [0.2, 0.25) is 0 Å². The highest BCUT2D eigenvalue weighted by atomic mass is 16.3. The number of hydrogen-bond donors (Lipinski definition) is 2. The van der Waals surface area contributed by atoms with Crippen molar-refractivity contribution >= 4 is 6.29 Å². The van der Waals surface area contributed by atoms with Crippen LogP contribution in [-0.4, -0.2) is 29.2 Å². The van der Waals surface area contributed by atoms with Crippen molar-refractivity contribution in [2.75, 3.05) is 6.61 Å². The third-order valence-corrected chi connectivity index (χ3v) is 7.82. The predicted octanol–water partition coefficient (Wildman–Crippen LogP) is 3.49. The first-order valence-corrected chi connectivity index (χ1v) is 9.23. The molecule has 0 aromatic rings. The fourth-order valence-electron chi connectivity index (χ4n) is 6.62. The smallest absolute Gasteiger partial charge is 0.145 e. The molecular formula is C20H32O3. The summed E-state index contributed by atoms with van der Waals surface area (Å²) in [4.78, 5) is 11.3. The number of fused-ring (bicyclic) bond motifs is 3. The van der Waals surface area contributed by atoms with Crippen LogP contribution in [-0.2, 0) is 4.79 Å². The zero-order valence-corrected chi connectivity index (χ0v) is 14.8. The van der Waals surface area contributed by atoms with E-state index in [0.29, 0.717) is 23.3 Å². The number of hydrogen-bond acceptors (Lipinski definition) is 3. The first-order chi connectivity index (χ1) is 10.8. The van der Waals surface area contributed by atoms with Crippen molar-refractivity contribution in [2.45, 2.75) is 71.8 Å². The molecule has 3 rings (SSSR count). The minimum absolute atomic E-state index is 0.0293. The Morgan fingerprint density at radius 2 is 1.96 bits per heavy atom. The largest absolute Gasteiger partial charge is 0.396 e. The van der Waals surface area contributed by atoms with Crippen LogP contribution < -0.4 is 0 Å². The van der Waals surface area contributed by atoms with Gasteiger partial charge in [-0.1, -0.05) is 33.3 Å². The Bertz CT molecular complexity index is 509. The number of carbonyl (C=O) groups is 1.